The van der Waals surface area contributed by atoms with E-state index in [4.69, 9.17) is 4.84 Å². The molecule has 2 aliphatic rings. The van der Waals surface area contributed by atoms with E-state index in [1.165, 1.54) is 24.5 Å². The number of fused-ring (bicyclic) bond motifs is 2. The van der Waals surface area contributed by atoms with Crippen LogP contribution in [0.2, 0.25) is 0 Å². The first-order valence-electron chi connectivity index (χ1n) is 6.93. The summed E-state index contributed by atoms with van der Waals surface area (Å²) in [4.78, 5) is 23.5. The summed E-state index contributed by atoms with van der Waals surface area (Å²) in [5.74, 6) is -0.372. The van der Waals surface area contributed by atoms with Gasteiger partial charge in [0.05, 0.1) is 4.90 Å². The fourth-order valence-corrected chi connectivity index (χ4v) is 4.66. The highest BCUT2D eigenvalue weighted by Gasteiger charge is 2.44. The van der Waals surface area contributed by atoms with Gasteiger partial charge in [0.25, 0.3) is 15.9 Å². The number of rotatable bonds is 1. The van der Waals surface area contributed by atoms with Crippen molar-refractivity contribution in [3.63, 3.8) is 0 Å². The number of sulfonamides is 1. The van der Waals surface area contributed by atoms with Gasteiger partial charge in [-0.2, -0.15) is 5.01 Å². The lowest BCUT2D eigenvalue weighted by molar-refractivity contribution is -0.120. The monoisotopic (exact) mass is 364 g/mol. The number of nitrogens with zero attached hydrogens (tertiary/aromatic N) is 3. The minimum Gasteiger partial charge on any atom is -0.385 e. The zero-order valence-corrected chi connectivity index (χ0v) is 14.3. The van der Waals surface area contributed by atoms with Crippen molar-refractivity contribution in [3.8, 4) is 0 Å². The molecule has 0 spiro atoms. The van der Waals surface area contributed by atoms with Gasteiger partial charge in [-0.3, -0.25) is 9.10 Å². The number of carbonyl (C=O) groups excluding carboxylic acids is 1. The zero-order chi connectivity index (χ0) is 17.1. The number of hydrogen-bond acceptors (Lipinski definition) is 7. The normalized spacial score (nSPS) is 19.0. The first-order chi connectivity index (χ1) is 11.4. The van der Waals surface area contributed by atoms with E-state index in [2.05, 4.69) is 10.6 Å². The van der Waals surface area contributed by atoms with Crippen molar-refractivity contribution in [2.24, 2.45) is 0 Å². The maximum absolute atomic E-state index is 12.9. The third kappa shape index (κ3) is 1.97. The number of likely N-dealkylation sites (N-methyl/N-ethyl adjacent to an activating group) is 1. The second kappa shape index (κ2) is 5.03. The molecule has 24 heavy (non-hydrogen) atoms. The number of thiazole rings is 1. The van der Waals surface area contributed by atoms with Crippen LogP contribution in [0.15, 0.2) is 41.1 Å². The Balaban J connectivity index is 1.89. The molecule has 4 rings (SSSR count). The number of anilines is 1. The van der Waals surface area contributed by atoms with Crippen LogP contribution in [0, 0.1) is 6.92 Å². The van der Waals surface area contributed by atoms with E-state index in [0.29, 0.717) is 10.7 Å². The van der Waals surface area contributed by atoms with Crippen LogP contribution in [-0.2, 0) is 19.7 Å². The Kier molecular flexibility index (Phi) is 3.17. The molecular weight excluding hydrogens is 352 g/mol. The molecule has 0 unspecified atom stereocenters. The maximum atomic E-state index is 12.9. The molecule has 8 nitrogen and oxygen atoms in total. The van der Waals surface area contributed by atoms with Crippen molar-refractivity contribution in [1.29, 1.82) is 0 Å². The smallest absolute Gasteiger partial charge is 0.298 e. The van der Waals surface area contributed by atoms with Crippen LogP contribution in [-0.4, -0.2) is 30.7 Å². The zero-order valence-electron chi connectivity index (χ0n) is 12.7. The van der Waals surface area contributed by atoms with Crippen LogP contribution >= 0.6 is 11.3 Å². The number of aromatic nitrogens is 1. The first kappa shape index (κ1) is 15.1. The molecule has 0 radical (unpaired) electrons. The molecule has 1 amide bonds. The first-order valence-corrected chi connectivity index (χ1v) is 9.19. The summed E-state index contributed by atoms with van der Waals surface area (Å²) in [7, 11) is -2.49. The highest BCUT2D eigenvalue weighted by Crippen LogP contribution is 2.39. The second-order valence-corrected chi connectivity index (χ2v) is 8.38. The summed E-state index contributed by atoms with van der Waals surface area (Å²) in [5, 5.41) is 1.46. The lowest BCUT2D eigenvalue weighted by atomic mass is 10.1. The van der Waals surface area contributed by atoms with Gasteiger partial charge in [0.15, 0.2) is 11.5 Å². The fourth-order valence-electron chi connectivity index (χ4n) is 2.56. The third-order valence-electron chi connectivity index (χ3n) is 3.75. The van der Waals surface area contributed by atoms with Crippen LogP contribution in [0.3, 0.4) is 0 Å². The Morgan fingerprint density at radius 2 is 2.04 bits per heavy atom. The molecule has 0 bridgehead atoms. The van der Waals surface area contributed by atoms with Crippen LogP contribution in [0.5, 0.6) is 0 Å². The molecule has 1 N–H and O–H groups in total. The van der Waals surface area contributed by atoms with Gasteiger partial charge in [0.2, 0.25) is 5.13 Å². The fraction of sp³-hybridized carbons (Fsp3) is 0.143. The van der Waals surface area contributed by atoms with Crippen molar-refractivity contribution < 1.29 is 18.0 Å². The van der Waals surface area contributed by atoms with Gasteiger partial charge in [0, 0.05) is 23.7 Å². The Morgan fingerprint density at radius 1 is 1.29 bits per heavy atom. The van der Waals surface area contributed by atoms with Crippen LogP contribution in [0.4, 0.5) is 5.13 Å². The summed E-state index contributed by atoms with van der Waals surface area (Å²) in [6.45, 7) is 1.86. The second-order valence-electron chi connectivity index (χ2n) is 5.23. The average molecular weight is 364 g/mol. The van der Waals surface area contributed by atoms with Gasteiger partial charge in [-0.25, -0.2) is 13.4 Å². The molecule has 0 fully saturated rings. The van der Waals surface area contributed by atoms with Gasteiger partial charge >= 0.3 is 0 Å². The number of hydrogen-bond donors (Lipinski definition) is 1. The largest absolute Gasteiger partial charge is 0.385 e. The van der Waals surface area contributed by atoms with E-state index >= 15 is 0 Å². The highest BCUT2D eigenvalue weighted by atomic mass is 32.2. The molecule has 0 aliphatic carbocycles. The number of benzene rings is 1. The molecule has 124 valence electrons. The lowest BCUT2D eigenvalue weighted by Crippen LogP contribution is -2.52. The quantitative estimate of drug-likeness (QED) is 0.818. The van der Waals surface area contributed by atoms with E-state index in [1.807, 2.05) is 6.92 Å². The van der Waals surface area contributed by atoms with Gasteiger partial charge in [-0.15, -0.1) is 11.3 Å². The minimum atomic E-state index is -3.82. The summed E-state index contributed by atoms with van der Waals surface area (Å²) >= 11 is 1.29. The highest BCUT2D eigenvalue weighted by molar-refractivity contribution is 7.89. The molecule has 2 aromatic rings. The van der Waals surface area contributed by atoms with Gasteiger partial charge < -0.3 is 4.84 Å². The Labute approximate surface area is 142 Å². The van der Waals surface area contributed by atoms with Crippen molar-refractivity contribution in [1.82, 2.24) is 14.9 Å². The number of carbonyl (C=O) groups is 1. The van der Waals surface area contributed by atoms with Gasteiger partial charge in [0.1, 0.15) is 0 Å². The van der Waals surface area contributed by atoms with Crippen molar-refractivity contribution >= 4 is 38.2 Å². The molecule has 2 aliphatic heterocycles. The predicted octanol–water partition coefficient (Wildman–Crippen LogP) is 1.24. The molecule has 0 saturated heterocycles. The number of aryl methyl sites for hydroxylation is 1. The van der Waals surface area contributed by atoms with E-state index in [1.54, 1.807) is 24.4 Å². The minimum absolute atomic E-state index is 0.0553. The van der Waals surface area contributed by atoms with Crippen molar-refractivity contribution in [3.05, 3.63) is 46.6 Å². The Hall–Kier alpha value is -2.43. The number of nitrogens with one attached hydrogen (secondary N) is 1. The van der Waals surface area contributed by atoms with Crippen LogP contribution < -0.4 is 10.6 Å². The Morgan fingerprint density at radius 3 is 2.75 bits per heavy atom. The van der Waals surface area contributed by atoms with E-state index in [9.17, 15) is 13.2 Å². The average Bonchev–Trinajstić information content (AvgIpc) is 2.99. The summed E-state index contributed by atoms with van der Waals surface area (Å²) < 4.78 is 26.3. The van der Waals surface area contributed by atoms with Crippen LogP contribution in [0.25, 0.3) is 5.76 Å². The number of amides is 1. The summed E-state index contributed by atoms with van der Waals surface area (Å²) in [6, 6.07) is 6.40. The maximum Gasteiger partial charge on any atom is 0.298 e. The van der Waals surface area contributed by atoms with E-state index in [-0.39, 0.29) is 16.4 Å². The van der Waals surface area contributed by atoms with Crippen molar-refractivity contribution in [2.75, 3.05) is 12.1 Å². The molecule has 0 atom stereocenters. The van der Waals surface area contributed by atoms with Gasteiger partial charge in [-0.05, 0) is 19.1 Å². The van der Waals surface area contributed by atoms with Gasteiger partial charge in [-0.1, -0.05) is 17.7 Å². The lowest BCUT2D eigenvalue weighted by Gasteiger charge is -2.36. The molecule has 10 heteroatoms. The molecular formula is C14H12N4O4S2. The molecule has 3 heterocycles. The third-order valence-corrected chi connectivity index (χ3v) is 6.46. The molecule has 1 aromatic heterocycles. The summed E-state index contributed by atoms with van der Waals surface area (Å²) in [5.41, 5.74) is 2.83. The van der Waals surface area contributed by atoms with Crippen LogP contribution in [0.1, 0.15) is 10.4 Å². The Bertz CT molecular complexity index is 996. The van der Waals surface area contributed by atoms with Crippen molar-refractivity contribution in [2.45, 2.75) is 11.8 Å². The van der Waals surface area contributed by atoms with E-state index < -0.39 is 15.9 Å². The van der Waals surface area contributed by atoms with E-state index in [0.717, 1.165) is 14.2 Å². The topological polar surface area (TPSA) is 91.8 Å². The molecule has 1 aromatic carbocycles. The SMILES string of the molecule is Cc1cnc(N2NOC3=C(C2=O)N(C)S(=O)(=O)c2ccccc23)s1. The standard InChI is InChI=1S/C14H12N4O4S2/c1-8-7-15-14(23-8)18-13(19)11-12(22-16-18)9-5-3-4-6-10(9)24(20,21)17(11)2/h3-7,16H,1-2H3. The molecule has 0 saturated carbocycles. The summed E-state index contributed by atoms with van der Waals surface area (Å²) in [6.07, 6.45) is 1.62. The predicted molar refractivity (Wildman–Crippen MR) is 86.9 cm³/mol. The number of hydrazine groups is 1.